The Kier molecular flexibility index (Phi) is 3.27. The number of carbonyl (C=O) groups is 2. The summed E-state index contributed by atoms with van der Waals surface area (Å²) in [5.74, 6) is -0.765. The van der Waals surface area contributed by atoms with Crippen LogP contribution in [0.4, 0.5) is 0 Å². The molecule has 0 aromatic rings. The van der Waals surface area contributed by atoms with E-state index in [1.54, 1.807) is 0 Å². The lowest BCUT2D eigenvalue weighted by Crippen LogP contribution is -2.38. The summed E-state index contributed by atoms with van der Waals surface area (Å²) in [5, 5.41) is 0. The predicted octanol–water partition coefficient (Wildman–Crippen LogP) is 2.56. The van der Waals surface area contributed by atoms with E-state index in [1.807, 2.05) is 0 Å². The Morgan fingerprint density at radius 2 is 1.95 bits per heavy atom. The molecule has 0 N–H and O–H groups in total. The third-order valence-electron chi connectivity index (χ3n) is 5.00. The highest BCUT2D eigenvalue weighted by Crippen LogP contribution is 2.51. The molecule has 2 saturated carbocycles. The van der Waals surface area contributed by atoms with E-state index in [0.29, 0.717) is 12.0 Å². The number of rotatable bonds is 1. The fourth-order valence-electron chi connectivity index (χ4n) is 4.09. The maximum Gasteiger partial charge on any atom is 0.334 e. The fraction of sp³-hybridized carbons (Fsp3) is 0.529. The second-order valence-corrected chi connectivity index (χ2v) is 6.26. The van der Waals surface area contributed by atoms with Crippen LogP contribution in [-0.2, 0) is 19.1 Å². The normalized spacial score (nSPS) is 38.6. The van der Waals surface area contributed by atoms with Gasteiger partial charge in [-0.3, -0.25) is 4.79 Å². The van der Waals surface area contributed by atoms with Crippen LogP contribution in [0.5, 0.6) is 0 Å². The lowest BCUT2D eigenvalue weighted by Gasteiger charge is -2.31. The molecule has 0 aromatic carbocycles. The van der Waals surface area contributed by atoms with Gasteiger partial charge in [-0.2, -0.15) is 0 Å². The zero-order valence-corrected chi connectivity index (χ0v) is 12.3. The maximum absolute atomic E-state index is 11.9. The quantitative estimate of drug-likeness (QED) is 0.423. The number of ether oxygens (including phenoxy) is 2. The Labute approximate surface area is 124 Å². The highest BCUT2D eigenvalue weighted by molar-refractivity contribution is 5.91. The van der Waals surface area contributed by atoms with Crippen molar-refractivity contribution in [1.82, 2.24) is 0 Å². The minimum absolute atomic E-state index is 0.0163. The molecule has 0 spiro atoms. The zero-order valence-electron chi connectivity index (χ0n) is 12.3. The molecule has 3 aliphatic rings. The Hall–Kier alpha value is -1.84. The zero-order chi connectivity index (χ0) is 15.3. The molecule has 1 heterocycles. The molecule has 112 valence electrons. The smallest absolute Gasteiger partial charge is 0.334 e. The van der Waals surface area contributed by atoms with Crippen molar-refractivity contribution in [2.24, 2.45) is 17.8 Å². The van der Waals surface area contributed by atoms with Crippen molar-refractivity contribution in [3.8, 4) is 0 Å². The second-order valence-electron chi connectivity index (χ2n) is 6.26. The summed E-state index contributed by atoms with van der Waals surface area (Å²) in [6, 6.07) is 0. The van der Waals surface area contributed by atoms with Gasteiger partial charge in [-0.25, -0.2) is 4.79 Å². The summed E-state index contributed by atoms with van der Waals surface area (Å²) >= 11 is 0. The molecule has 0 aromatic heterocycles. The topological polar surface area (TPSA) is 52.6 Å². The standard InChI is InChI=1S/C17H20O4/c1-8-5-6-12-9(2)7-13-15(10(3)17(19)21-13)16(14(8)12)20-11(4)18/h12-16H,1-3,5-7H2,4H3. The van der Waals surface area contributed by atoms with E-state index in [0.717, 1.165) is 24.0 Å². The highest BCUT2D eigenvalue weighted by atomic mass is 16.6. The van der Waals surface area contributed by atoms with Crippen LogP contribution < -0.4 is 0 Å². The molecule has 3 rings (SSSR count). The van der Waals surface area contributed by atoms with Crippen LogP contribution in [-0.4, -0.2) is 24.1 Å². The minimum atomic E-state index is -0.425. The molecule has 0 radical (unpaired) electrons. The van der Waals surface area contributed by atoms with E-state index in [9.17, 15) is 9.59 Å². The SMILES string of the molecule is C=C1CC2OC(=O)C(=C)C2C(OC(C)=O)C2C(=C)CCC12. The van der Waals surface area contributed by atoms with Gasteiger partial charge in [0.25, 0.3) is 0 Å². The third kappa shape index (κ3) is 2.13. The predicted molar refractivity (Wildman–Crippen MR) is 77.2 cm³/mol. The molecular formula is C17H20O4. The fourth-order valence-corrected chi connectivity index (χ4v) is 4.09. The van der Waals surface area contributed by atoms with Gasteiger partial charge in [0.05, 0.1) is 5.92 Å². The Bertz CT molecular complexity index is 559. The molecule has 4 heteroatoms. The van der Waals surface area contributed by atoms with Crippen molar-refractivity contribution < 1.29 is 19.1 Å². The second kappa shape index (κ2) is 4.86. The monoisotopic (exact) mass is 288 g/mol. The minimum Gasteiger partial charge on any atom is -0.461 e. The van der Waals surface area contributed by atoms with E-state index >= 15 is 0 Å². The van der Waals surface area contributed by atoms with E-state index in [2.05, 4.69) is 19.7 Å². The van der Waals surface area contributed by atoms with Crippen LogP contribution in [0.1, 0.15) is 26.2 Å². The largest absolute Gasteiger partial charge is 0.461 e. The number of carbonyl (C=O) groups excluding carboxylic acids is 2. The Morgan fingerprint density at radius 3 is 2.62 bits per heavy atom. The van der Waals surface area contributed by atoms with E-state index < -0.39 is 12.1 Å². The van der Waals surface area contributed by atoms with Crippen molar-refractivity contribution >= 4 is 11.9 Å². The van der Waals surface area contributed by atoms with Crippen LogP contribution in [0.3, 0.4) is 0 Å². The van der Waals surface area contributed by atoms with Gasteiger partial charge >= 0.3 is 11.9 Å². The van der Waals surface area contributed by atoms with E-state index in [4.69, 9.17) is 9.47 Å². The lowest BCUT2D eigenvalue weighted by atomic mass is 9.80. The lowest BCUT2D eigenvalue weighted by molar-refractivity contribution is -0.152. The van der Waals surface area contributed by atoms with Crippen molar-refractivity contribution in [3.63, 3.8) is 0 Å². The van der Waals surface area contributed by atoms with Gasteiger partial charge < -0.3 is 9.47 Å². The average molecular weight is 288 g/mol. The van der Waals surface area contributed by atoms with Crippen molar-refractivity contribution in [2.75, 3.05) is 0 Å². The third-order valence-corrected chi connectivity index (χ3v) is 5.00. The van der Waals surface area contributed by atoms with Gasteiger partial charge in [-0.1, -0.05) is 30.9 Å². The molecule has 5 unspecified atom stereocenters. The molecule has 2 aliphatic carbocycles. The van der Waals surface area contributed by atoms with Crippen LogP contribution >= 0.6 is 0 Å². The number of fused-ring (bicyclic) bond motifs is 2. The van der Waals surface area contributed by atoms with Crippen LogP contribution in [0.25, 0.3) is 0 Å². The molecular weight excluding hydrogens is 268 g/mol. The van der Waals surface area contributed by atoms with Crippen LogP contribution in [0.15, 0.2) is 36.5 Å². The van der Waals surface area contributed by atoms with E-state index in [1.165, 1.54) is 6.92 Å². The summed E-state index contributed by atoms with van der Waals surface area (Å²) in [6.07, 6.45) is 1.75. The average Bonchev–Trinajstić information content (AvgIpc) is 2.86. The molecule has 1 saturated heterocycles. The summed E-state index contributed by atoms with van der Waals surface area (Å²) in [6.45, 7) is 13.6. The summed E-state index contributed by atoms with van der Waals surface area (Å²) < 4.78 is 11.0. The van der Waals surface area contributed by atoms with Gasteiger partial charge in [0.1, 0.15) is 12.2 Å². The first kappa shape index (κ1) is 14.1. The van der Waals surface area contributed by atoms with Crippen molar-refractivity contribution in [2.45, 2.75) is 38.4 Å². The van der Waals surface area contributed by atoms with Gasteiger partial charge in [0.15, 0.2) is 0 Å². The Morgan fingerprint density at radius 1 is 1.24 bits per heavy atom. The van der Waals surface area contributed by atoms with Crippen molar-refractivity contribution in [3.05, 3.63) is 36.5 Å². The summed E-state index contributed by atoms with van der Waals surface area (Å²) in [5.41, 5.74) is 2.53. The maximum atomic E-state index is 11.9. The van der Waals surface area contributed by atoms with Crippen molar-refractivity contribution in [1.29, 1.82) is 0 Å². The first-order valence-corrected chi connectivity index (χ1v) is 7.32. The number of esters is 2. The summed E-state index contributed by atoms with van der Waals surface area (Å²) in [7, 11) is 0. The molecule has 21 heavy (non-hydrogen) atoms. The molecule has 5 atom stereocenters. The number of hydrogen-bond donors (Lipinski definition) is 0. The van der Waals surface area contributed by atoms with Gasteiger partial charge in [-0.05, 0) is 18.8 Å². The first-order chi connectivity index (χ1) is 9.90. The molecule has 4 nitrogen and oxygen atoms in total. The van der Waals surface area contributed by atoms with Gasteiger partial charge in [0, 0.05) is 24.8 Å². The van der Waals surface area contributed by atoms with Crippen LogP contribution in [0.2, 0.25) is 0 Å². The van der Waals surface area contributed by atoms with Crippen LogP contribution in [0, 0.1) is 17.8 Å². The van der Waals surface area contributed by atoms with E-state index in [-0.39, 0.29) is 29.8 Å². The van der Waals surface area contributed by atoms with Gasteiger partial charge in [0.2, 0.25) is 0 Å². The number of hydrogen-bond acceptors (Lipinski definition) is 4. The van der Waals surface area contributed by atoms with Gasteiger partial charge in [-0.15, -0.1) is 0 Å². The molecule has 3 fully saturated rings. The highest BCUT2D eigenvalue weighted by Gasteiger charge is 2.54. The first-order valence-electron chi connectivity index (χ1n) is 7.32. The molecule has 0 bridgehead atoms. The molecule has 0 amide bonds. The Balaban J connectivity index is 2.05. The summed E-state index contributed by atoms with van der Waals surface area (Å²) in [4.78, 5) is 23.4. The molecule has 1 aliphatic heterocycles.